The monoisotopic (exact) mass is 217 g/mol. The maximum atomic E-state index is 11.2. The van der Waals surface area contributed by atoms with Gasteiger partial charge in [0.05, 0.1) is 13.0 Å². The van der Waals surface area contributed by atoms with Gasteiger partial charge in [0, 0.05) is 18.6 Å². The van der Waals surface area contributed by atoms with Crippen molar-refractivity contribution in [3.8, 4) is 0 Å². The van der Waals surface area contributed by atoms with Gasteiger partial charge in [-0.05, 0) is 25.5 Å². The van der Waals surface area contributed by atoms with E-state index in [2.05, 4.69) is 4.90 Å². The molecule has 0 aliphatic carbocycles. The minimum absolute atomic E-state index is 0.0446. The van der Waals surface area contributed by atoms with Crippen molar-refractivity contribution in [2.45, 2.75) is 13.3 Å². The van der Waals surface area contributed by atoms with Crippen LogP contribution in [0.3, 0.4) is 0 Å². The first kappa shape index (κ1) is 11.5. The summed E-state index contributed by atoms with van der Waals surface area (Å²) in [6.07, 6.45) is 0.891. The summed E-state index contributed by atoms with van der Waals surface area (Å²) in [5.41, 5.74) is 2.71. The number of hydrogen-bond acceptors (Lipinski definition) is 3. The first-order valence-electron chi connectivity index (χ1n) is 4.73. The van der Waals surface area contributed by atoms with Gasteiger partial charge in [-0.3, -0.25) is 9.69 Å². The Kier molecular flexibility index (Phi) is 4.42. The second-order valence-electron chi connectivity index (χ2n) is 3.70. The van der Waals surface area contributed by atoms with Gasteiger partial charge in [0.1, 0.15) is 0 Å². The molecule has 0 radical (unpaired) electrons. The van der Waals surface area contributed by atoms with E-state index in [0.717, 1.165) is 31.6 Å². The number of rotatable bonds is 3. The summed E-state index contributed by atoms with van der Waals surface area (Å²) in [5.74, 6) is -0.0527. The molecule has 4 heteroatoms. The van der Waals surface area contributed by atoms with Crippen LogP contribution in [0, 0.1) is 5.92 Å². The van der Waals surface area contributed by atoms with E-state index in [-0.39, 0.29) is 11.9 Å². The van der Waals surface area contributed by atoms with Crippen molar-refractivity contribution in [1.29, 1.82) is 0 Å². The molecule has 0 spiro atoms. The van der Waals surface area contributed by atoms with Crippen LogP contribution in [0.25, 0.3) is 0 Å². The number of esters is 1. The van der Waals surface area contributed by atoms with Crippen molar-refractivity contribution < 1.29 is 9.53 Å². The summed E-state index contributed by atoms with van der Waals surface area (Å²) in [4.78, 5) is 13.4. The van der Waals surface area contributed by atoms with E-state index in [1.165, 1.54) is 7.11 Å². The van der Waals surface area contributed by atoms with Crippen LogP contribution < -0.4 is 0 Å². The molecule has 1 saturated heterocycles. The summed E-state index contributed by atoms with van der Waals surface area (Å²) in [6.45, 7) is 4.56. The molecule has 0 aromatic rings. The Morgan fingerprint density at radius 1 is 1.71 bits per heavy atom. The number of likely N-dealkylation sites (tertiary alicyclic amines) is 1. The fourth-order valence-corrected chi connectivity index (χ4v) is 1.79. The topological polar surface area (TPSA) is 29.5 Å². The van der Waals surface area contributed by atoms with Crippen LogP contribution in [0.5, 0.6) is 0 Å². The zero-order valence-corrected chi connectivity index (χ0v) is 9.38. The van der Waals surface area contributed by atoms with E-state index >= 15 is 0 Å². The van der Waals surface area contributed by atoms with Gasteiger partial charge in [-0.15, -0.1) is 0 Å². The van der Waals surface area contributed by atoms with Gasteiger partial charge in [-0.25, -0.2) is 0 Å². The molecular weight excluding hydrogens is 202 g/mol. The normalized spacial score (nSPS) is 23.9. The smallest absolute Gasteiger partial charge is 0.310 e. The van der Waals surface area contributed by atoms with Crippen molar-refractivity contribution >= 4 is 17.6 Å². The van der Waals surface area contributed by atoms with E-state index in [1.807, 2.05) is 6.92 Å². The summed E-state index contributed by atoms with van der Waals surface area (Å²) in [6, 6.07) is 0. The third-order valence-electron chi connectivity index (χ3n) is 2.47. The van der Waals surface area contributed by atoms with Crippen molar-refractivity contribution in [2.24, 2.45) is 5.92 Å². The predicted octanol–water partition coefficient (Wildman–Crippen LogP) is 1.62. The van der Waals surface area contributed by atoms with E-state index in [0.29, 0.717) is 0 Å². The standard InChI is InChI=1S/C10H16ClNO2/c1-8(5-11)6-12-4-3-9(7-12)10(13)14-2/h5,9H,3-4,6-7H2,1-2H3. The molecule has 80 valence electrons. The fourth-order valence-electron chi connectivity index (χ4n) is 1.72. The minimum atomic E-state index is -0.0972. The van der Waals surface area contributed by atoms with Crippen LogP contribution in [0.4, 0.5) is 0 Å². The fraction of sp³-hybridized carbons (Fsp3) is 0.700. The Bertz CT molecular complexity index is 240. The zero-order chi connectivity index (χ0) is 10.6. The third kappa shape index (κ3) is 3.00. The predicted molar refractivity (Wildman–Crippen MR) is 56.2 cm³/mol. The molecule has 14 heavy (non-hydrogen) atoms. The molecule has 1 fully saturated rings. The lowest BCUT2D eigenvalue weighted by molar-refractivity contribution is -0.144. The molecule has 1 unspecified atom stereocenters. The quantitative estimate of drug-likeness (QED) is 0.673. The first-order chi connectivity index (χ1) is 6.67. The lowest BCUT2D eigenvalue weighted by Crippen LogP contribution is -2.25. The Morgan fingerprint density at radius 2 is 2.43 bits per heavy atom. The average molecular weight is 218 g/mol. The first-order valence-corrected chi connectivity index (χ1v) is 5.17. The third-order valence-corrected chi connectivity index (χ3v) is 2.84. The van der Waals surface area contributed by atoms with Gasteiger partial charge in [-0.1, -0.05) is 11.6 Å². The average Bonchev–Trinajstić information content (AvgIpc) is 2.65. The number of methoxy groups -OCH3 is 1. The summed E-state index contributed by atoms with van der Waals surface area (Å²) < 4.78 is 4.71. The molecule has 1 atom stereocenters. The lowest BCUT2D eigenvalue weighted by Gasteiger charge is -2.15. The molecule has 0 aromatic carbocycles. The molecule has 0 aromatic heterocycles. The highest BCUT2D eigenvalue weighted by atomic mass is 35.5. The van der Waals surface area contributed by atoms with Crippen LogP contribution in [0.15, 0.2) is 11.1 Å². The van der Waals surface area contributed by atoms with Gasteiger partial charge in [0.2, 0.25) is 0 Å². The van der Waals surface area contributed by atoms with Gasteiger partial charge in [0.25, 0.3) is 0 Å². The second kappa shape index (κ2) is 5.37. The van der Waals surface area contributed by atoms with Crippen LogP contribution in [-0.4, -0.2) is 37.6 Å². The summed E-state index contributed by atoms with van der Waals surface area (Å²) in [5, 5.41) is 0. The number of carbonyl (C=O) groups excluding carboxylic acids is 1. The van der Waals surface area contributed by atoms with Gasteiger partial charge < -0.3 is 4.74 Å². The number of carbonyl (C=O) groups is 1. The van der Waals surface area contributed by atoms with Gasteiger partial charge in [0.15, 0.2) is 0 Å². The van der Waals surface area contributed by atoms with Crippen molar-refractivity contribution in [3.05, 3.63) is 11.1 Å². The van der Waals surface area contributed by atoms with Crippen LogP contribution in [0.2, 0.25) is 0 Å². The lowest BCUT2D eigenvalue weighted by atomic mass is 10.1. The highest BCUT2D eigenvalue weighted by Gasteiger charge is 2.28. The highest BCUT2D eigenvalue weighted by molar-refractivity contribution is 6.25. The molecule has 0 N–H and O–H groups in total. The molecule has 0 saturated carbocycles. The number of halogens is 1. The number of ether oxygens (including phenoxy) is 1. The molecule has 0 bridgehead atoms. The maximum Gasteiger partial charge on any atom is 0.310 e. The van der Waals surface area contributed by atoms with E-state index in [4.69, 9.17) is 16.3 Å². The Morgan fingerprint density at radius 3 is 3.00 bits per heavy atom. The Labute approximate surface area is 89.7 Å². The molecular formula is C10H16ClNO2. The summed E-state index contributed by atoms with van der Waals surface area (Å²) in [7, 11) is 1.44. The van der Waals surface area contributed by atoms with E-state index in [9.17, 15) is 4.79 Å². The molecule has 1 heterocycles. The minimum Gasteiger partial charge on any atom is -0.469 e. The van der Waals surface area contributed by atoms with Crippen molar-refractivity contribution in [1.82, 2.24) is 4.90 Å². The highest BCUT2D eigenvalue weighted by Crippen LogP contribution is 2.18. The van der Waals surface area contributed by atoms with Crippen molar-refractivity contribution in [2.75, 3.05) is 26.7 Å². The SMILES string of the molecule is COC(=O)C1CCN(CC(C)=CCl)C1. The molecule has 1 rings (SSSR count). The van der Waals surface area contributed by atoms with Gasteiger partial charge in [-0.2, -0.15) is 0 Å². The van der Waals surface area contributed by atoms with Crippen LogP contribution >= 0.6 is 11.6 Å². The van der Waals surface area contributed by atoms with E-state index in [1.54, 1.807) is 5.54 Å². The van der Waals surface area contributed by atoms with Crippen LogP contribution in [-0.2, 0) is 9.53 Å². The van der Waals surface area contributed by atoms with E-state index < -0.39 is 0 Å². The molecule has 1 aliphatic rings. The maximum absolute atomic E-state index is 11.2. The van der Waals surface area contributed by atoms with Gasteiger partial charge >= 0.3 is 5.97 Å². The van der Waals surface area contributed by atoms with Crippen molar-refractivity contribution in [3.63, 3.8) is 0 Å². The number of nitrogens with zero attached hydrogens (tertiary/aromatic N) is 1. The Hall–Kier alpha value is -0.540. The molecule has 3 nitrogen and oxygen atoms in total. The Balaban J connectivity index is 2.38. The summed E-state index contributed by atoms with van der Waals surface area (Å²) >= 11 is 5.58. The van der Waals surface area contributed by atoms with Crippen LogP contribution in [0.1, 0.15) is 13.3 Å². The molecule has 1 aliphatic heterocycles. The number of hydrogen-bond donors (Lipinski definition) is 0. The second-order valence-corrected chi connectivity index (χ2v) is 3.92. The largest absolute Gasteiger partial charge is 0.469 e. The zero-order valence-electron chi connectivity index (χ0n) is 8.62. The molecule has 0 amide bonds.